The van der Waals surface area contributed by atoms with Gasteiger partial charge in [0, 0.05) is 23.7 Å². The predicted octanol–water partition coefficient (Wildman–Crippen LogP) is 5.26. The summed E-state index contributed by atoms with van der Waals surface area (Å²) >= 11 is 18.1. The van der Waals surface area contributed by atoms with Crippen molar-refractivity contribution in [2.24, 2.45) is 0 Å². The number of anilines is 1. The van der Waals surface area contributed by atoms with Crippen molar-refractivity contribution in [3.8, 4) is 0 Å². The van der Waals surface area contributed by atoms with E-state index in [1.807, 2.05) is 26.0 Å². The number of nitrogen functional groups attached to an aromatic ring is 1. The molecule has 198 valence electrons. The Hall–Kier alpha value is -2.32. The van der Waals surface area contributed by atoms with Gasteiger partial charge in [-0.05, 0) is 73.2 Å². The first-order valence-corrected chi connectivity index (χ1v) is 13.1. The molecule has 6 nitrogen and oxygen atoms in total. The van der Waals surface area contributed by atoms with E-state index >= 15 is 0 Å². The Morgan fingerprint density at radius 2 is 1.43 bits per heavy atom. The molecule has 0 aromatic heterocycles. The van der Waals surface area contributed by atoms with Crippen LogP contribution in [0.1, 0.15) is 48.3 Å². The minimum Gasteiger partial charge on any atom is -0.396 e. The number of aliphatic hydroxyl groups is 2. The fourth-order valence-corrected chi connectivity index (χ4v) is 4.72. The zero-order valence-electron chi connectivity index (χ0n) is 20.7. The lowest BCUT2D eigenvalue weighted by molar-refractivity contribution is -0.130. The van der Waals surface area contributed by atoms with Gasteiger partial charge in [0.2, 0.25) is 0 Å². The van der Waals surface area contributed by atoms with Gasteiger partial charge in [-0.1, -0.05) is 71.2 Å². The van der Waals surface area contributed by atoms with E-state index in [1.54, 1.807) is 36.4 Å². The molecule has 1 amide bonds. The smallest absolute Gasteiger partial charge is 0.253 e. The van der Waals surface area contributed by atoms with Crippen LogP contribution in [0.3, 0.4) is 0 Å². The average Bonchev–Trinajstić information content (AvgIpc) is 2.86. The third kappa shape index (κ3) is 8.60. The second-order valence-electron chi connectivity index (χ2n) is 9.32. The second kappa shape index (κ2) is 13.5. The maximum Gasteiger partial charge on any atom is 0.253 e. The zero-order valence-corrected chi connectivity index (χ0v) is 23.0. The number of amides is 1. The number of hydrogen-bond donors (Lipinski definition) is 5. The van der Waals surface area contributed by atoms with Crippen LogP contribution in [0.2, 0.25) is 15.1 Å². The summed E-state index contributed by atoms with van der Waals surface area (Å²) in [6.45, 7) is 4.29. The van der Waals surface area contributed by atoms with Crippen LogP contribution in [0.25, 0.3) is 0 Å². The molecule has 0 spiro atoms. The van der Waals surface area contributed by atoms with E-state index in [0.29, 0.717) is 44.8 Å². The van der Waals surface area contributed by atoms with Crippen molar-refractivity contribution in [2.45, 2.75) is 51.0 Å². The number of rotatable bonds is 11. The number of aliphatic hydroxyl groups excluding tert-OH is 2. The van der Waals surface area contributed by atoms with Gasteiger partial charge in [0.05, 0.1) is 21.8 Å². The number of hydrogen-bond acceptors (Lipinski definition) is 5. The van der Waals surface area contributed by atoms with Gasteiger partial charge >= 0.3 is 0 Å². The molecule has 1 unspecified atom stereocenters. The average molecular weight is 565 g/mol. The fraction of sp³-hybridized carbons (Fsp3) is 0.321. The summed E-state index contributed by atoms with van der Waals surface area (Å²) in [6.07, 6.45) is -0.644. The monoisotopic (exact) mass is 563 g/mol. The Morgan fingerprint density at radius 3 is 2.00 bits per heavy atom. The van der Waals surface area contributed by atoms with Crippen molar-refractivity contribution in [1.29, 1.82) is 0 Å². The lowest BCUT2D eigenvalue weighted by Gasteiger charge is -2.19. The van der Waals surface area contributed by atoms with Gasteiger partial charge in [-0.2, -0.15) is 0 Å². The van der Waals surface area contributed by atoms with E-state index < -0.39 is 18.1 Å². The van der Waals surface area contributed by atoms with E-state index in [2.05, 4.69) is 22.8 Å². The van der Waals surface area contributed by atoms with Crippen molar-refractivity contribution >= 4 is 46.4 Å². The molecule has 0 aliphatic rings. The molecule has 4 atom stereocenters. The van der Waals surface area contributed by atoms with Crippen molar-refractivity contribution in [3.63, 3.8) is 0 Å². The van der Waals surface area contributed by atoms with Crippen molar-refractivity contribution in [1.82, 2.24) is 10.6 Å². The van der Waals surface area contributed by atoms with E-state index in [9.17, 15) is 15.0 Å². The molecule has 0 aliphatic carbocycles. The molecule has 0 heterocycles. The Morgan fingerprint density at radius 1 is 0.865 bits per heavy atom. The number of carbonyl (C=O) groups excluding carboxylic acids is 1. The normalized spacial score (nSPS) is 14.6. The van der Waals surface area contributed by atoms with Gasteiger partial charge in [-0.15, -0.1) is 0 Å². The topological polar surface area (TPSA) is 108 Å². The molecule has 0 fully saturated rings. The van der Waals surface area contributed by atoms with Gasteiger partial charge < -0.3 is 26.6 Å². The van der Waals surface area contributed by atoms with Gasteiger partial charge in [0.15, 0.2) is 6.10 Å². The number of carbonyl (C=O) groups is 1. The molecule has 0 saturated carbocycles. The van der Waals surface area contributed by atoms with Crippen molar-refractivity contribution in [2.75, 3.05) is 12.3 Å². The number of nitrogens with one attached hydrogen (secondary N) is 2. The molecule has 0 saturated heterocycles. The van der Waals surface area contributed by atoms with Gasteiger partial charge in [0.1, 0.15) is 0 Å². The highest BCUT2D eigenvalue weighted by atomic mass is 35.5. The molecule has 0 aliphatic heterocycles. The lowest BCUT2D eigenvalue weighted by Crippen LogP contribution is -2.37. The van der Waals surface area contributed by atoms with Crippen LogP contribution < -0.4 is 16.4 Å². The van der Waals surface area contributed by atoms with Crippen LogP contribution in [-0.4, -0.2) is 34.7 Å². The van der Waals surface area contributed by atoms with Crippen LogP contribution in [0.5, 0.6) is 0 Å². The molecule has 3 aromatic carbocycles. The van der Waals surface area contributed by atoms with Crippen molar-refractivity contribution in [3.05, 3.63) is 98.0 Å². The maximum atomic E-state index is 12.4. The Labute approximate surface area is 232 Å². The minimum atomic E-state index is -1.27. The summed E-state index contributed by atoms with van der Waals surface area (Å²) in [7, 11) is 0. The van der Waals surface area contributed by atoms with Crippen molar-refractivity contribution < 1.29 is 15.0 Å². The lowest BCUT2D eigenvalue weighted by atomic mass is 10.0. The highest BCUT2D eigenvalue weighted by Gasteiger charge is 2.19. The first kappa shape index (κ1) is 29.2. The quantitative estimate of drug-likeness (QED) is 0.204. The van der Waals surface area contributed by atoms with E-state index in [0.717, 1.165) is 17.5 Å². The van der Waals surface area contributed by atoms with Crippen LogP contribution in [-0.2, 0) is 17.6 Å². The fourth-order valence-electron chi connectivity index (χ4n) is 4.02. The molecule has 37 heavy (non-hydrogen) atoms. The molecule has 6 N–H and O–H groups in total. The minimum absolute atomic E-state index is 0.117. The Bertz CT molecular complexity index is 1180. The number of nitrogens with two attached hydrogens (primary N) is 1. The largest absolute Gasteiger partial charge is 0.396 e. The van der Waals surface area contributed by atoms with E-state index in [-0.39, 0.29) is 12.1 Å². The van der Waals surface area contributed by atoms with Gasteiger partial charge in [-0.3, -0.25) is 4.79 Å². The number of benzene rings is 3. The highest BCUT2D eigenvalue weighted by molar-refractivity contribution is 6.38. The predicted molar refractivity (Wildman–Crippen MR) is 151 cm³/mol. The highest BCUT2D eigenvalue weighted by Crippen LogP contribution is 2.31. The molecule has 0 bridgehead atoms. The van der Waals surface area contributed by atoms with E-state index in [1.165, 1.54) is 0 Å². The summed E-state index contributed by atoms with van der Waals surface area (Å²) in [4.78, 5) is 12.4. The summed E-state index contributed by atoms with van der Waals surface area (Å²) in [5.74, 6) is -0.461. The van der Waals surface area contributed by atoms with E-state index in [4.69, 9.17) is 40.5 Å². The maximum absolute atomic E-state index is 12.4. The molecule has 0 radical (unpaired) electrons. The zero-order chi connectivity index (χ0) is 27.1. The summed E-state index contributed by atoms with van der Waals surface area (Å²) in [6, 6.07) is 18.0. The molecule has 3 rings (SSSR count). The first-order chi connectivity index (χ1) is 17.5. The van der Waals surface area contributed by atoms with Crippen LogP contribution in [0.15, 0.2) is 60.7 Å². The third-order valence-corrected chi connectivity index (χ3v) is 6.91. The molecular formula is C28H32Cl3N3O3. The van der Waals surface area contributed by atoms with Crippen LogP contribution >= 0.6 is 34.8 Å². The molecule has 9 heteroatoms. The van der Waals surface area contributed by atoms with Crippen LogP contribution in [0.4, 0.5) is 5.69 Å². The van der Waals surface area contributed by atoms with Crippen LogP contribution in [0, 0.1) is 0 Å². The Balaban J connectivity index is 1.46. The third-order valence-electron chi connectivity index (χ3n) is 6.05. The first-order valence-electron chi connectivity index (χ1n) is 12.0. The summed E-state index contributed by atoms with van der Waals surface area (Å²) in [5.41, 5.74) is 9.34. The standard InChI is InChI=1S/C28H32Cl3N3O3/c1-16(33-15-25(35)21-13-23(30)26(32)24(31)14-21)10-18-6-8-19(9-7-18)11-17(2)34-28(37)27(36)20-4-3-5-22(29)12-20/h3-9,12-14,16-17,25,27,33,35-36H,10-11,15,32H2,1-2H3,(H,34,37)/t16-,17?,25+,27-/m1/s1. The molecular weight excluding hydrogens is 533 g/mol. The second-order valence-corrected chi connectivity index (χ2v) is 10.6. The molecule has 3 aromatic rings. The summed E-state index contributed by atoms with van der Waals surface area (Å²) in [5, 5.41) is 28.1. The Kier molecular flexibility index (Phi) is 10.6. The van der Waals surface area contributed by atoms with Gasteiger partial charge in [-0.25, -0.2) is 0 Å². The summed E-state index contributed by atoms with van der Waals surface area (Å²) < 4.78 is 0. The van der Waals surface area contributed by atoms with Gasteiger partial charge in [0.25, 0.3) is 5.91 Å². The SMILES string of the molecule is CC(Cc1ccc(C[C@@H](C)NC[C@H](O)c2cc(Cl)c(N)c(Cl)c2)cc1)NC(=O)[C@H](O)c1cccc(Cl)c1. The number of halogens is 3.